The molecule has 2 aromatic heterocycles. The smallest absolute Gasteiger partial charge is 0.305 e. The van der Waals surface area contributed by atoms with Crippen LogP contribution in [0, 0.1) is 0 Å². The van der Waals surface area contributed by atoms with Crippen molar-refractivity contribution < 1.29 is 18.7 Å². The number of amides is 2. The van der Waals surface area contributed by atoms with Gasteiger partial charge in [-0.1, -0.05) is 18.2 Å². The summed E-state index contributed by atoms with van der Waals surface area (Å²) >= 11 is 4.84. The summed E-state index contributed by atoms with van der Waals surface area (Å²) in [5.74, 6) is 0.275. The van der Waals surface area contributed by atoms with Crippen molar-refractivity contribution in [3.63, 3.8) is 0 Å². The number of nitrogens with one attached hydrogen (secondary N) is 2. The van der Waals surface area contributed by atoms with Crippen LogP contribution in [-0.2, 0) is 11.4 Å². The maximum absolute atomic E-state index is 12.0. The Bertz CT molecular complexity index is 950. The van der Waals surface area contributed by atoms with E-state index in [1.54, 1.807) is 12.1 Å². The van der Waals surface area contributed by atoms with E-state index in [1.807, 2.05) is 42.5 Å². The Hall–Kier alpha value is -2.84. The molecule has 0 aliphatic rings. The molecule has 2 N–H and O–H groups in total. The number of hydrogen-bond donors (Lipinski definition) is 2. The van der Waals surface area contributed by atoms with Gasteiger partial charge < -0.3 is 9.15 Å². The van der Waals surface area contributed by atoms with Crippen LogP contribution in [0.3, 0.4) is 0 Å². The zero-order chi connectivity index (χ0) is 19.1. The molecule has 0 unspecified atom stereocenters. The van der Waals surface area contributed by atoms with E-state index in [-0.39, 0.29) is 12.4 Å². The molecular weight excluding hydrogens is 432 g/mol. The molecule has 0 aliphatic carbocycles. The summed E-state index contributed by atoms with van der Waals surface area (Å²) < 4.78 is 11.9. The summed E-state index contributed by atoms with van der Waals surface area (Å²) in [4.78, 5) is 24.7. The van der Waals surface area contributed by atoms with Gasteiger partial charge in [-0.05, 0) is 58.4 Å². The van der Waals surface area contributed by atoms with Gasteiger partial charge in [0, 0.05) is 11.0 Å². The fourth-order valence-corrected chi connectivity index (χ4v) is 3.37. The molecule has 0 radical (unpaired) electrons. The molecule has 0 atom stereocenters. The number of furan rings is 1. The molecule has 27 heavy (non-hydrogen) atoms. The topological polar surface area (TPSA) is 80.6 Å². The number of benzene rings is 1. The highest BCUT2D eigenvalue weighted by Crippen LogP contribution is 2.22. The number of hydrogen-bond acceptors (Lipinski definition) is 5. The Kier molecular flexibility index (Phi) is 6.45. The van der Waals surface area contributed by atoms with E-state index in [9.17, 15) is 9.59 Å². The van der Waals surface area contributed by atoms with Gasteiger partial charge in [-0.2, -0.15) is 0 Å². The molecule has 2 amide bonds. The van der Waals surface area contributed by atoms with Crippen LogP contribution in [0.1, 0.15) is 21.2 Å². The molecule has 0 fully saturated rings. The number of hydrazine groups is 1. The first-order valence-electron chi connectivity index (χ1n) is 7.90. The number of thiophene rings is 1. The first-order valence-corrected chi connectivity index (χ1v) is 9.51. The maximum Gasteiger partial charge on any atom is 0.305 e. The molecule has 138 valence electrons. The highest BCUT2D eigenvalue weighted by Gasteiger charge is 2.12. The fraction of sp³-hybridized carbons (Fsp3) is 0.0526. The third kappa shape index (κ3) is 5.83. The molecule has 0 bridgehead atoms. The highest BCUT2D eigenvalue weighted by molar-refractivity contribution is 9.11. The number of ether oxygens (including phenoxy) is 1. The first-order chi connectivity index (χ1) is 13.1. The molecule has 3 aromatic rings. The Balaban J connectivity index is 1.46. The number of halogens is 1. The predicted molar refractivity (Wildman–Crippen MR) is 106 cm³/mol. The van der Waals surface area contributed by atoms with E-state index in [2.05, 4.69) is 26.8 Å². The zero-order valence-electron chi connectivity index (χ0n) is 14.0. The van der Waals surface area contributed by atoms with Crippen LogP contribution in [0.15, 0.2) is 68.9 Å². The third-order valence-electron chi connectivity index (χ3n) is 3.30. The molecule has 1 aromatic carbocycles. The van der Waals surface area contributed by atoms with Crippen molar-refractivity contribution in [2.24, 2.45) is 0 Å². The van der Waals surface area contributed by atoms with Crippen molar-refractivity contribution in [2.45, 2.75) is 6.61 Å². The minimum absolute atomic E-state index is 0.0770. The average Bonchev–Trinajstić information content (AvgIpc) is 3.32. The first kappa shape index (κ1) is 18.9. The van der Waals surface area contributed by atoms with E-state index in [0.29, 0.717) is 11.5 Å². The fourth-order valence-electron chi connectivity index (χ4n) is 2.05. The van der Waals surface area contributed by atoms with Crippen LogP contribution >= 0.6 is 27.3 Å². The van der Waals surface area contributed by atoms with Crippen molar-refractivity contribution in [1.29, 1.82) is 0 Å². The van der Waals surface area contributed by atoms with Crippen LogP contribution in [0.5, 0.6) is 5.75 Å². The van der Waals surface area contributed by atoms with E-state index < -0.39 is 11.8 Å². The van der Waals surface area contributed by atoms with E-state index in [1.165, 1.54) is 23.5 Å². The third-order valence-corrected chi connectivity index (χ3v) is 4.89. The maximum atomic E-state index is 12.0. The van der Waals surface area contributed by atoms with Gasteiger partial charge in [0.25, 0.3) is 5.91 Å². The van der Waals surface area contributed by atoms with E-state index in [4.69, 9.17) is 9.15 Å². The van der Waals surface area contributed by atoms with Crippen molar-refractivity contribution in [3.05, 3.63) is 80.9 Å². The van der Waals surface area contributed by atoms with Crippen LogP contribution in [0.25, 0.3) is 6.08 Å². The number of para-hydroxylation sites is 1. The Morgan fingerprint density at radius 3 is 2.63 bits per heavy atom. The summed E-state index contributed by atoms with van der Waals surface area (Å²) in [5, 5.41) is 0. The van der Waals surface area contributed by atoms with Crippen LogP contribution in [-0.4, -0.2) is 11.8 Å². The molecule has 6 nitrogen and oxygen atoms in total. The minimum Gasteiger partial charge on any atom is -0.486 e. The Morgan fingerprint density at radius 2 is 1.89 bits per heavy atom. The highest BCUT2D eigenvalue weighted by atomic mass is 79.9. The summed E-state index contributed by atoms with van der Waals surface area (Å²) in [7, 11) is 0. The van der Waals surface area contributed by atoms with Gasteiger partial charge >= 0.3 is 5.91 Å². The van der Waals surface area contributed by atoms with E-state index in [0.717, 1.165) is 8.66 Å². The van der Waals surface area contributed by atoms with Gasteiger partial charge in [-0.3, -0.25) is 20.4 Å². The summed E-state index contributed by atoms with van der Waals surface area (Å²) in [6.07, 6.45) is 2.99. The lowest BCUT2D eigenvalue weighted by Crippen LogP contribution is -2.40. The van der Waals surface area contributed by atoms with Crippen molar-refractivity contribution in [1.82, 2.24) is 10.9 Å². The van der Waals surface area contributed by atoms with Crippen LogP contribution < -0.4 is 15.6 Å². The molecule has 2 heterocycles. The summed E-state index contributed by atoms with van der Waals surface area (Å²) in [6.45, 7) is 0.197. The van der Waals surface area contributed by atoms with Gasteiger partial charge in [-0.25, -0.2) is 0 Å². The van der Waals surface area contributed by atoms with Gasteiger partial charge in [-0.15, -0.1) is 11.3 Å². The van der Waals surface area contributed by atoms with Crippen LogP contribution in [0.4, 0.5) is 0 Å². The second kappa shape index (κ2) is 9.20. The molecule has 0 aliphatic heterocycles. The second-order valence-electron chi connectivity index (χ2n) is 5.29. The molecular formula is C19H15BrN2O4S. The van der Waals surface area contributed by atoms with Crippen molar-refractivity contribution >= 4 is 45.2 Å². The lowest BCUT2D eigenvalue weighted by atomic mass is 10.3. The normalized spacial score (nSPS) is 10.7. The lowest BCUT2D eigenvalue weighted by Gasteiger charge is -2.04. The average molecular weight is 447 g/mol. The second-order valence-corrected chi connectivity index (χ2v) is 7.78. The van der Waals surface area contributed by atoms with Crippen molar-refractivity contribution in [2.75, 3.05) is 0 Å². The molecule has 8 heteroatoms. The van der Waals surface area contributed by atoms with Gasteiger partial charge in [0.15, 0.2) is 5.76 Å². The molecule has 0 saturated heterocycles. The Morgan fingerprint density at radius 1 is 1.07 bits per heavy atom. The largest absolute Gasteiger partial charge is 0.486 e. The molecule has 0 saturated carbocycles. The number of rotatable bonds is 6. The number of carbonyl (C=O) groups excluding carboxylic acids is 2. The van der Waals surface area contributed by atoms with Gasteiger partial charge in [0.2, 0.25) is 0 Å². The van der Waals surface area contributed by atoms with Crippen molar-refractivity contribution in [3.8, 4) is 5.75 Å². The van der Waals surface area contributed by atoms with Crippen LogP contribution in [0.2, 0.25) is 0 Å². The number of carbonyl (C=O) groups is 2. The monoisotopic (exact) mass is 446 g/mol. The molecule has 0 spiro atoms. The van der Waals surface area contributed by atoms with E-state index >= 15 is 0 Å². The lowest BCUT2D eigenvalue weighted by molar-refractivity contribution is -0.117. The summed E-state index contributed by atoms with van der Waals surface area (Å²) in [5.41, 5.74) is 4.60. The summed E-state index contributed by atoms with van der Waals surface area (Å²) in [6, 6.07) is 16.2. The Labute approximate surface area is 167 Å². The SMILES string of the molecule is O=C(/C=C/c1ccc(Br)s1)NNC(=O)c1ccc(COc2ccccc2)o1. The zero-order valence-corrected chi connectivity index (χ0v) is 16.4. The quantitative estimate of drug-likeness (QED) is 0.440. The van der Waals surface area contributed by atoms with Gasteiger partial charge in [0.1, 0.15) is 18.1 Å². The predicted octanol–water partition coefficient (Wildman–Crippen LogP) is 4.16. The minimum atomic E-state index is -0.554. The molecule has 3 rings (SSSR count). The standard InChI is InChI=1S/C19H15BrN2O4S/c20-17-10-7-15(27-17)8-11-18(23)21-22-19(24)16-9-6-14(26-16)12-25-13-4-2-1-3-5-13/h1-11H,12H2,(H,21,23)(H,22,24)/b11-8+. The van der Waals surface area contributed by atoms with Gasteiger partial charge in [0.05, 0.1) is 3.79 Å².